The number of hydrogen-bond donors (Lipinski definition) is 1. The molecule has 0 saturated heterocycles. The third-order valence-electron chi connectivity index (χ3n) is 1.37. The van der Waals surface area contributed by atoms with Gasteiger partial charge in [-0.15, -0.1) is 0 Å². The van der Waals surface area contributed by atoms with Gasteiger partial charge < -0.3 is 10.3 Å². The summed E-state index contributed by atoms with van der Waals surface area (Å²) in [5, 5.41) is 3.84. The van der Waals surface area contributed by atoms with Crippen LogP contribution in [0, 0.1) is 0 Å². The van der Waals surface area contributed by atoms with Gasteiger partial charge in [0.1, 0.15) is 10.2 Å². The molecule has 0 spiro atoms. The third-order valence-corrected chi connectivity index (χ3v) is 2.14. The summed E-state index contributed by atoms with van der Waals surface area (Å²) in [5.41, 5.74) is 6.29. The lowest BCUT2D eigenvalue weighted by Crippen LogP contribution is -2.12. The summed E-state index contributed by atoms with van der Waals surface area (Å²) in [6.07, 6.45) is 0. The summed E-state index contributed by atoms with van der Waals surface area (Å²) in [7, 11) is 0. The number of rotatable bonds is 0. The van der Waals surface area contributed by atoms with Crippen molar-refractivity contribution in [3.05, 3.63) is 10.2 Å². The molecule has 62 valence electrons. The highest BCUT2D eigenvalue weighted by Gasteiger charge is 2.23. The van der Waals surface area contributed by atoms with Gasteiger partial charge in [-0.1, -0.05) is 25.9 Å². The van der Waals surface area contributed by atoms with Gasteiger partial charge in [-0.05, 0) is 15.9 Å². The Kier molecular flexibility index (Phi) is 1.96. The zero-order valence-corrected chi connectivity index (χ0v) is 8.40. The minimum absolute atomic E-state index is 0.0278. The van der Waals surface area contributed by atoms with Crippen molar-refractivity contribution in [2.75, 3.05) is 5.73 Å². The van der Waals surface area contributed by atoms with E-state index in [1.165, 1.54) is 0 Å². The third kappa shape index (κ3) is 1.56. The quantitative estimate of drug-likeness (QED) is 0.728. The highest BCUT2D eigenvalue weighted by molar-refractivity contribution is 9.10. The molecule has 0 aromatic carbocycles. The van der Waals surface area contributed by atoms with Crippen molar-refractivity contribution in [3.63, 3.8) is 0 Å². The summed E-state index contributed by atoms with van der Waals surface area (Å²) in [6, 6.07) is 0. The Morgan fingerprint density at radius 3 is 2.18 bits per heavy atom. The van der Waals surface area contributed by atoms with Gasteiger partial charge in [-0.25, -0.2) is 0 Å². The van der Waals surface area contributed by atoms with Crippen LogP contribution >= 0.6 is 15.9 Å². The molecular weight excluding hydrogens is 208 g/mol. The summed E-state index contributed by atoms with van der Waals surface area (Å²) >= 11 is 3.30. The van der Waals surface area contributed by atoms with E-state index in [1.807, 2.05) is 0 Å². The first kappa shape index (κ1) is 8.59. The van der Waals surface area contributed by atoms with Crippen LogP contribution in [0.2, 0.25) is 0 Å². The molecule has 0 aliphatic carbocycles. The van der Waals surface area contributed by atoms with E-state index in [-0.39, 0.29) is 5.41 Å². The predicted molar refractivity (Wildman–Crippen MR) is 47.3 cm³/mol. The van der Waals surface area contributed by atoms with Crippen LogP contribution in [-0.4, -0.2) is 5.16 Å². The van der Waals surface area contributed by atoms with Crippen molar-refractivity contribution in [1.82, 2.24) is 5.16 Å². The zero-order valence-electron chi connectivity index (χ0n) is 6.81. The van der Waals surface area contributed by atoms with Gasteiger partial charge in [-0.2, -0.15) is 0 Å². The van der Waals surface area contributed by atoms with Crippen molar-refractivity contribution in [2.45, 2.75) is 26.2 Å². The van der Waals surface area contributed by atoms with Crippen molar-refractivity contribution in [1.29, 1.82) is 0 Å². The standard InChI is InChI=1S/C7H11BrN2O/c1-7(2,3)5-4(8)6(9)11-10-5/h9H2,1-3H3. The lowest BCUT2D eigenvalue weighted by molar-refractivity contribution is 0.405. The number of nitrogens with zero attached hydrogens (tertiary/aromatic N) is 1. The molecule has 1 aromatic heterocycles. The largest absolute Gasteiger partial charge is 0.367 e. The molecular formula is C7H11BrN2O. The molecule has 0 unspecified atom stereocenters. The van der Waals surface area contributed by atoms with Crippen LogP contribution in [0.15, 0.2) is 9.00 Å². The van der Waals surface area contributed by atoms with E-state index in [4.69, 9.17) is 10.3 Å². The van der Waals surface area contributed by atoms with Crippen molar-refractivity contribution in [2.24, 2.45) is 0 Å². The van der Waals surface area contributed by atoms with Crippen LogP contribution in [0.3, 0.4) is 0 Å². The average Bonchev–Trinajstić information content (AvgIpc) is 2.11. The predicted octanol–water partition coefficient (Wildman–Crippen LogP) is 2.32. The Labute approximate surface area is 74.1 Å². The summed E-state index contributed by atoms with van der Waals surface area (Å²) in [4.78, 5) is 0. The van der Waals surface area contributed by atoms with Crippen molar-refractivity contribution in [3.8, 4) is 0 Å². The monoisotopic (exact) mass is 218 g/mol. The second-order valence-corrected chi connectivity index (χ2v) is 4.25. The fourth-order valence-corrected chi connectivity index (χ4v) is 1.50. The Morgan fingerprint density at radius 1 is 1.45 bits per heavy atom. The molecule has 0 fully saturated rings. The first-order valence-corrected chi connectivity index (χ1v) is 4.13. The summed E-state index contributed by atoms with van der Waals surface area (Å²) < 4.78 is 5.57. The molecule has 1 rings (SSSR count). The Morgan fingerprint density at radius 2 is 2.00 bits per heavy atom. The maximum Gasteiger partial charge on any atom is 0.236 e. The first-order chi connectivity index (χ1) is 4.93. The SMILES string of the molecule is CC(C)(C)c1noc(N)c1Br. The van der Waals surface area contributed by atoms with Crippen LogP contribution in [0.1, 0.15) is 26.5 Å². The summed E-state index contributed by atoms with van der Waals surface area (Å²) in [5.74, 6) is 0.343. The van der Waals surface area contributed by atoms with Crippen molar-refractivity contribution < 1.29 is 4.52 Å². The molecule has 0 bridgehead atoms. The highest BCUT2D eigenvalue weighted by Crippen LogP contribution is 2.32. The minimum Gasteiger partial charge on any atom is -0.367 e. The molecule has 0 aliphatic rings. The van der Waals surface area contributed by atoms with Crippen molar-refractivity contribution >= 4 is 21.8 Å². The van der Waals surface area contributed by atoms with Gasteiger partial charge in [0.05, 0.1) is 0 Å². The van der Waals surface area contributed by atoms with E-state index in [0.717, 1.165) is 10.2 Å². The molecule has 1 aromatic rings. The van der Waals surface area contributed by atoms with Gasteiger partial charge in [0.15, 0.2) is 0 Å². The van der Waals surface area contributed by atoms with Crippen LogP contribution in [0.25, 0.3) is 0 Å². The van der Waals surface area contributed by atoms with Gasteiger partial charge in [0, 0.05) is 5.41 Å². The number of halogens is 1. The topological polar surface area (TPSA) is 52.0 Å². The van der Waals surface area contributed by atoms with Gasteiger partial charge in [0.25, 0.3) is 0 Å². The maximum atomic E-state index is 5.46. The smallest absolute Gasteiger partial charge is 0.236 e. The van der Waals surface area contributed by atoms with Crippen LogP contribution in [0.5, 0.6) is 0 Å². The second kappa shape index (κ2) is 2.52. The molecule has 0 aliphatic heterocycles. The molecule has 0 amide bonds. The van der Waals surface area contributed by atoms with Gasteiger partial charge in [0.2, 0.25) is 5.88 Å². The Bertz CT molecular complexity index is 262. The zero-order chi connectivity index (χ0) is 8.65. The fraction of sp³-hybridized carbons (Fsp3) is 0.571. The van der Waals surface area contributed by atoms with E-state index in [1.54, 1.807) is 0 Å². The lowest BCUT2D eigenvalue weighted by atomic mass is 9.92. The Hall–Kier alpha value is -0.510. The van der Waals surface area contributed by atoms with Gasteiger partial charge >= 0.3 is 0 Å². The second-order valence-electron chi connectivity index (χ2n) is 3.46. The number of nitrogen functional groups attached to an aromatic ring is 1. The molecule has 0 radical (unpaired) electrons. The first-order valence-electron chi connectivity index (χ1n) is 3.34. The molecule has 0 saturated carbocycles. The molecule has 4 heteroatoms. The van der Waals surface area contributed by atoms with Gasteiger partial charge in [-0.3, -0.25) is 0 Å². The van der Waals surface area contributed by atoms with E-state index < -0.39 is 0 Å². The van der Waals surface area contributed by atoms with E-state index in [9.17, 15) is 0 Å². The van der Waals surface area contributed by atoms with E-state index in [0.29, 0.717) is 5.88 Å². The average molecular weight is 219 g/mol. The van der Waals surface area contributed by atoms with Crippen LogP contribution < -0.4 is 5.73 Å². The molecule has 1 heterocycles. The Balaban J connectivity index is 3.15. The van der Waals surface area contributed by atoms with E-state index >= 15 is 0 Å². The van der Waals surface area contributed by atoms with Crippen LogP contribution in [0.4, 0.5) is 5.88 Å². The minimum atomic E-state index is -0.0278. The molecule has 3 nitrogen and oxygen atoms in total. The maximum absolute atomic E-state index is 5.46. The molecule has 2 N–H and O–H groups in total. The highest BCUT2D eigenvalue weighted by atomic mass is 79.9. The molecule has 0 atom stereocenters. The number of hydrogen-bond acceptors (Lipinski definition) is 3. The fourth-order valence-electron chi connectivity index (χ4n) is 0.758. The van der Waals surface area contributed by atoms with Crippen LogP contribution in [-0.2, 0) is 5.41 Å². The number of aromatic nitrogens is 1. The number of nitrogens with two attached hydrogens (primary N) is 1. The number of anilines is 1. The lowest BCUT2D eigenvalue weighted by Gasteiger charge is -2.13. The molecule has 11 heavy (non-hydrogen) atoms. The normalized spacial score (nSPS) is 12.0. The summed E-state index contributed by atoms with van der Waals surface area (Å²) in [6.45, 7) is 6.15. The van der Waals surface area contributed by atoms with E-state index in [2.05, 4.69) is 41.9 Å².